The fourth-order valence-corrected chi connectivity index (χ4v) is 3.09. The molecule has 0 radical (unpaired) electrons. The number of hydrogen-bond donors (Lipinski definition) is 2. The molecular formula is C18H25N5O2. The van der Waals surface area contributed by atoms with Gasteiger partial charge in [0.25, 0.3) is 0 Å². The molecule has 0 aliphatic heterocycles. The van der Waals surface area contributed by atoms with E-state index < -0.39 is 0 Å². The molecule has 1 aromatic carbocycles. The highest BCUT2D eigenvalue weighted by Crippen LogP contribution is 2.30. The van der Waals surface area contributed by atoms with Crippen LogP contribution in [-0.4, -0.2) is 35.4 Å². The van der Waals surface area contributed by atoms with E-state index in [1.807, 2.05) is 18.2 Å². The summed E-state index contributed by atoms with van der Waals surface area (Å²) in [6.45, 7) is 0. The summed E-state index contributed by atoms with van der Waals surface area (Å²) in [5, 5.41) is 14.8. The molecule has 7 heteroatoms. The van der Waals surface area contributed by atoms with Crippen molar-refractivity contribution in [2.45, 2.75) is 44.6 Å². The third kappa shape index (κ3) is 4.71. The fourth-order valence-electron chi connectivity index (χ4n) is 3.09. The molecule has 0 atom stereocenters. The summed E-state index contributed by atoms with van der Waals surface area (Å²) in [7, 11) is 3.23. The van der Waals surface area contributed by atoms with Gasteiger partial charge >= 0.3 is 0 Å². The summed E-state index contributed by atoms with van der Waals surface area (Å²) in [6.07, 6.45) is 9.09. The predicted molar refractivity (Wildman–Crippen MR) is 97.8 cm³/mol. The third-order valence-corrected chi connectivity index (χ3v) is 4.40. The number of nitrogens with one attached hydrogen (secondary N) is 2. The Hall–Kier alpha value is -2.57. The van der Waals surface area contributed by atoms with Crippen LogP contribution in [0.3, 0.4) is 0 Å². The average molecular weight is 343 g/mol. The van der Waals surface area contributed by atoms with Gasteiger partial charge in [-0.25, -0.2) is 0 Å². The van der Waals surface area contributed by atoms with Crippen LogP contribution in [0.1, 0.15) is 38.5 Å². The van der Waals surface area contributed by atoms with Crippen LogP contribution in [0.2, 0.25) is 0 Å². The molecule has 0 unspecified atom stereocenters. The molecule has 3 rings (SSSR count). The third-order valence-electron chi connectivity index (χ3n) is 4.40. The SMILES string of the molecule is COc1ccc(Nc2cnnc(NC3CCCCCC3)n2)cc1OC. The van der Waals surface area contributed by atoms with Crippen molar-refractivity contribution in [2.75, 3.05) is 24.9 Å². The second kappa shape index (κ2) is 8.50. The fraction of sp³-hybridized carbons (Fsp3) is 0.500. The number of benzene rings is 1. The molecule has 1 aliphatic rings. The van der Waals surface area contributed by atoms with E-state index in [-0.39, 0.29) is 0 Å². The van der Waals surface area contributed by atoms with Crippen LogP contribution < -0.4 is 20.1 Å². The molecule has 1 aromatic heterocycles. The molecule has 0 bridgehead atoms. The second-order valence-corrected chi connectivity index (χ2v) is 6.19. The lowest BCUT2D eigenvalue weighted by Gasteiger charge is -2.16. The van der Waals surface area contributed by atoms with Gasteiger partial charge in [0.15, 0.2) is 17.3 Å². The van der Waals surface area contributed by atoms with Crippen molar-refractivity contribution >= 4 is 17.5 Å². The molecule has 25 heavy (non-hydrogen) atoms. The first-order valence-corrected chi connectivity index (χ1v) is 8.74. The van der Waals surface area contributed by atoms with Crippen LogP contribution in [0, 0.1) is 0 Å². The highest BCUT2D eigenvalue weighted by atomic mass is 16.5. The molecular weight excluding hydrogens is 318 g/mol. The molecule has 134 valence electrons. The molecule has 7 nitrogen and oxygen atoms in total. The lowest BCUT2D eigenvalue weighted by molar-refractivity contribution is 0.355. The first-order chi connectivity index (χ1) is 12.3. The summed E-state index contributed by atoms with van der Waals surface area (Å²) < 4.78 is 10.6. The maximum absolute atomic E-state index is 5.32. The Balaban J connectivity index is 1.69. The van der Waals surface area contributed by atoms with E-state index >= 15 is 0 Å². The van der Waals surface area contributed by atoms with E-state index in [4.69, 9.17) is 9.47 Å². The lowest BCUT2D eigenvalue weighted by atomic mass is 10.1. The number of methoxy groups -OCH3 is 2. The predicted octanol–water partition coefficient (Wildman–Crippen LogP) is 3.77. The normalized spacial score (nSPS) is 15.3. The van der Waals surface area contributed by atoms with Crippen LogP contribution in [-0.2, 0) is 0 Å². The van der Waals surface area contributed by atoms with Crippen molar-refractivity contribution in [1.29, 1.82) is 0 Å². The minimum Gasteiger partial charge on any atom is -0.493 e. The van der Waals surface area contributed by atoms with Gasteiger partial charge in [-0.1, -0.05) is 25.7 Å². The van der Waals surface area contributed by atoms with Crippen LogP contribution in [0.4, 0.5) is 17.5 Å². The quantitative estimate of drug-likeness (QED) is 0.773. The smallest absolute Gasteiger partial charge is 0.244 e. The van der Waals surface area contributed by atoms with Crippen molar-refractivity contribution in [3.63, 3.8) is 0 Å². The van der Waals surface area contributed by atoms with Crippen molar-refractivity contribution in [3.8, 4) is 11.5 Å². The highest BCUT2D eigenvalue weighted by molar-refractivity contribution is 5.61. The zero-order valence-electron chi connectivity index (χ0n) is 14.8. The van der Waals surface area contributed by atoms with Gasteiger partial charge in [0.05, 0.1) is 20.4 Å². The number of aromatic nitrogens is 3. The van der Waals surface area contributed by atoms with Gasteiger partial charge in [-0.3, -0.25) is 0 Å². The van der Waals surface area contributed by atoms with E-state index in [0.29, 0.717) is 29.3 Å². The van der Waals surface area contributed by atoms with E-state index in [2.05, 4.69) is 25.8 Å². The lowest BCUT2D eigenvalue weighted by Crippen LogP contribution is -2.20. The molecule has 0 amide bonds. The number of ether oxygens (including phenoxy) is 2. The number of rotatable bonds is 6. The minimum absolute atomic E-state index is 0.431. The van der Waals surface area contributed by atoms with Crippen molar-refractivity contribution in [1.82, 2.24) is 15.2 Å². The average Bonchev–Trinajstić information content (AvgIpc) is 2.90. The summed E-state index contributed by atoms with van der Waals surface area (Å²) in [5.74, 6) is 2.55. The maximum Gasteiger partial charge on any atom is 0.244 e. The van der Waals surface area contributed by atoms with Crippen LogP contribution in [0.15, 0.2) is 24.4 Å². The summed E-state index contributed by atoms with van der Waals surface area (Å²) in [6, 6.07) is 6.04. The van der Waals surface area contributed by atoms with Crippen molar-refractivity contribution < 1.29 is 9.47 Å². The summed E-state index contributed by atoms with van der Waals surface area (Å²) in [4.78, 5) is 4.52. The van der Waals surface area contributed by atoms with E-state index in [1.54, 1.807) is 20.4 Å². The van der Waals surface area contributed by atoms with E-state index in [0.717, 1.165) is 18.5 Å². The summed E-state index contributed by atoms with van der Waals surface area (Å²) in [5.41, 5.74) is 0.846. The van der Waals surface area contributed by atoms with E-state index in [9.17, 15) is 0 Å². The first-order valence-electron chi connectivity index (χ1n) is 8.74. The number of hydrogen-bond acceptors (Lipinski definition) is 7. The molecule has 0 saturated heterocycles. The molecule has 0 spiro atoms. The highest BCUT2D eigenvalue weighted by Gasteiger charge is 2.13. The maximum atomic E-state index is 5.32. The Kier molecular flexibility index (Phi) is 5.87. The molecule has 1 aliphatic carbocycles. The van der Waals surface area contributed by atoms with Crippen LogP contribution in [0.5, 0.6) is 11.5 Å². The Labute approximate surface area is 148 Å². The first kappa shape index (κ1) is 17.3. The monoisotopic (exact) mass is 343 g/mol. The van der Waals surface area contributed by atoms with Crippen LogP contribution >= 0.6 is 0 Å². The van der Waals surface area contributed by atoms with Gasteiger partial charge in [-0.2, -0.15) is 10.1 Å². The zero-order valence-corrected chi connectivity index (χ0v) is 14.8. The zero-order chi connectivity index (χ0) is 17.5. The van der Waals surface area contributed by atoms with Crippen molar-refractivity contribution in [3.05, 3.63) is 24.4 Å². The van der Waals surface area contributed by atoms with Crippen molar-refractivity contribution in [2.24, 2.45) is 0 Å². The van der Waals surface area contributed by atoms with Gasteiger partial charge in [0.1, 0.15) is 0 Å². The Bertz CT molecular complexity index is 687. The Morgan fingerprint density at radius 1 is 1.00 bits per heavy atom. The standard InChI is InChI=1S/C18H25N5O2/c1-24-15-10-9-14(11-16(15)25-2)20-17-12-19-23-18(22-17)21-13-7-5-3-4-6-8-13/h9-13H,3-8H2,1-2H3,(H2,20,21,22,23). The number of nitrogens with zero attached hydrogens (tertiary/aromatic N) is 3. The largest absolute Gasteiger partial charge is 0.493 e. The molecule has 2 N–H and O–H groups in total. The molecule has 1 fully saturated rings. The summed E-state index contributed by atoms with van der Waals surface area (Å²) >= 11 is 0. The van der Waals surface area contributed by atoms with Gasteiger partial charge in [-0.05, 0) is 25.0 Å². The van der Waals surface area contributed by atoms with E-state index in [1.165, 1.54) is 25.7 Å². The van der Waals surface area contributed by atoms with Gasteiger partial charge in [0.2, 0.25) is 5.95 Å². The minimum atomic E-state index is 0.431. The Morgan fingerprint density at radius 2 is 1.76 bits per heavy atom. The van der Waals surface area contributed by atoms with Gasteiger partial charge in [-0.15, -0.1) is 5.10 Å². The topological polar surface area (TPSA) is 81.2 Å². The Morgan fingerprint density at radius 3 is 2.48 bits per heavy atom. The second-order valence-electron chi connectivity index (χ2n) is 6.19. The molecule has 1 saturated carbocycles. The number of anilines is 3. The van der Waals surface area contributed by atoms with Gasteiger partial charge < -0.3 is 20.1 Å². The molecule has 2 aromatic rings. The molecule has 1 heterocycles. The van der Waals surface area contributed by atoms with Crippen LogP contribution in [0.25, 0.3) is 0 Å². The van der Waals surface area contributed by atoms with Gasteiger partial charge in [0, 0.05) is 17.8 Å².